The van der Waals surface area contributed by atoms with Crippen LogP contribution >= 0.6 is 23.2 Å². The van der Waals surface area contributed by atoms with Gasteiger partial charge in [0, 0.05) is 12.0 Å². The summed E-state index contributed by atoms with van der Waals surface area (Å²) in [6.45, 7) is 1.40. The number of esters is 1. The number of ether oxygens (including phenoxy) is 2. The summed E-state index contributed by atoms with van der Waals surface area (Å²) in [6.07, 6.45) is -3.54. The Morgan fingerprint density at radius 2 is 1.51 bits per heavy atom. The molecule has 0 aliphatic rings. The molecule has 9 heteroatoms. The van der Waals surface area contributed by atoms with E-state index in [1.807, 2.05) is 60.7 Å². The van der Waals surface area contributed by atoms with E-state index in [0.29, 0.717) is 42.5 Å². The lowest BCUT2D eigenvalue weighted by Gasteiger charge is -2.36. The van der Waals surface area contributed by atoms with Crippen LogP contribution in [0.25, 0.3) is 0 Å². The Labute approximate surface area is 259 Å². The van der Waals surface area contributed by atoms with Crippen molar-refractivity contribution in [2.24, 2.45) is 0 Å². The molecule has 0 spiro atoms. The van der Waals surface area contributed by atoms with E-state index in [1.54, 1.807) is 24.3 Å². The molecule has 0 unspecified atom stereocenters. The molecular weight excluding hydrogens is 598 g/mol. The topological polar surface area (TPSA) is 47.6 Å². The monoisotopic (exact) mass is 629 g/mol. The van der Waals surface area contributed by atoms with Gasteiger partial charge < -0.3 is 14.8 Å². The number of halogens is 5. The first-order valence-electron chi connectivity index (χ1n) is 13.8. The maximum Gasteiger partial charge on any atom is 0.417 e. The average molecular weight is 631 g/mol. The summed E-state index contributed by atoms with van der Waals surface area (Å²) < 4.78 is 51.7. The van der Waals surface area contributed by atoms with Gasteiger partial charge in [-0.3, -0.25) is 4.79 Å². The largest absolute Gasteiger partial charge is 0.492 e. The van der Waals surface area contributed by atoms with Gasteiger partial charge in [0.05, 0.1) is 35.7 Å². The Bertz CT molecular complexity index is 1460. The van der Waals surface area contributed by atoms with Gasteiger partial charge in [0.1, 0.15) is 5.75 Å². The SMILES string of the molecule is COC(=O)Cc1ccc(OCCCNCC(Cc2cccc(C(F)(F)F)c2Cl)(c2ccccc2)c2ccccc2)c(Cl)c1. The van der Waals surface area contributed by atoms with Gasteiger partial charge >= 0.3 is 12.1 Å². The molecule has 0 aromatic heterocycles. The minimum Gasteiger partial charge on any atom is -0.492 e. The average Bonchev–Trinajstić information content (AvgIpc) is 3.00. The normalized spacial score (nSPS) is 11.8. The molecule has 0 bridgehead atoms. The summed E-state index contributed by atoms with van der Waals surface area (Å²) in [5.74, 6) is 0.158. The van der Waals surface area contributed by atoms with Crippen LogP contribution in [0.3, 0.4) is 0 Å². The smallest absolute Gasteiger partial charge is 0.417 e. The van der Waals surface area contributed by atoms with Crippen LogP contribution in [0.4, 0.5) is 13.2 Å². The molecule has 43 heavy (non-hydrogen) atoms. The van der Waals surface area contributed by atoms with Crippen LogP contribution in [0.15, 0.2) is 97.1 Å². The van der Waals surface area contributed by atoms with Gasteiger partial charge in [-0.2, -0.15) is 13.2 Å². The zero-order valence-corrected chi connectivity index (χ0v) is 25.1. The molecule has 0 atom stereocenters. The Balaban J connectivity index is 1.51. The highest BCUT2D eigenvalue weighted by atomic mass is 35.5. The van der Waals surface area contributed by atoms with Crippen LogP contribution in [0, 0.1) is 0 Å². The van der Waals surface area contributed by atoms with Crippen molar-refractivity contribution in [3.8, 4) is 5.75 Å². The van der Waals surface area contributed by atoms with Crippen molar-refractivity contribution in [1.29, 1.82) is 0 Å². The first kappa shape index (κ1) is 32.4. The summed E-state index contributed by atoms with van der Waals surface area (Å²) in [4.78, 5) is 11.5. The predicted molar refractivity (Wildman–Crippen MR) is 164 cm³/mol. The summed E-state index contributed by atoms with van der Waals surface area (Å²) >= 11 is 12.7. The van der Waals surface area contributed by atoms with E-state index in [2.05, 4.69) is 5.32 Å². The van der Waals surface area contributed by atoms with Crippen molar-refractivity contribution in [2.45, 2.75) is 30.9 Å². The van der Waals surface area contributed by atoms with Crippen molar-refractivity contribution in [2.75, 3.05) is 26.8 Å². The molecule has 0 saturated carbocycles. The lowest BCUT2D eigenvalue weighted by molar-refractivity contribution is -0.140. The van der Waals surface area contributed by atoms with Gasteiger partial charge in [-0.1, -0.05) is 102 Å². The zero-order chi connectivity index (χ0) is 30.9. The maximum absolute atomic E-state index is 13.7. The van der Waals surface area contributed by atoms with E-state index in [0.717, 1.165) is 22.8 Å². The fraction of sp³-hybridized carbons (Fsp3) is 0.265. The van der Waals surface area contributed by atoms with Gasteiger partial charge in [0.15, 0.2) is 0 Å². The Morgan fingerprint density at radius 3 is 2.09 bits per heavy atom. The van der Waals surface area contributed by atoms with E-state index in [1.165, 1.54) is 13.2 Å². The minimum absolute atomic E-state index is 0.122. The van der Waals surface area contributed by atoms with Crippen molar-refractivity contribution in [1.82, 2.24) is 5.32 Å². The fourth-order valence-electron chi connectivity index (χ4n) is 5.10. The minimum atomic E-state index is -4.56. The van der Waals surface area contributed by atoms with Crippen LogP contribution < -0.4 is 10.1 Å². The third-order valence-corrected chi connectivity index (χ3v) is 8.03. The molecule has 0 saturated heterocycles. The number of carbonyl (C=O) groups excluding carboxylic acids is 1. The second kappa shape index (κ2) is 14.8. The molecule has 4 aromatic rings. The third kappa shape index (κ3) is 8.31. The van der Waals surface area contributed by atoms with E-state index in [-0.39, 0.29) is 23.8 Å². The molecule has 1 N–H and O–H groups in total. The highest BCUT2D eigenvalue weighted by molar-refractivity contribution is 6.32. The summed E-state index contributed by atoms with van der Waals surface area (Å²) in [5.41, 5.74) is 1.50. The van der Waals surface area contributed by atoms with Gasteiger partial charge in [0.2, 0.25) is 0 Å². The number of alkyl halides is 3. The highest BCUT2D eigenvalue weighted by Crippen LogP contribution is 2.41. The molecule has 0 heterocycles. The summed E-state index contributed by atoms with van der Waals surface area (Å²) in [5, 5.41) is 3.64. The van der Waals surface area contributed by atoms with Crippen LogP contribution in [-0.4, -0.2) is 32.8 Å². The van der Waals surface area contributed by atoms with E-state index in [9.17, 15) is 18.0 Å². The second-order valence-electron chi connectivity index (χ2n) is 10.2. The van der Waals surface area contributed by atoms with Gasteiger partial charge in [-0.15, -0.1) is 0 Å². The Hall–Kier alpha value is -3.52. The maximum atomic E-state index is 13.7. The molecule has 0 aliphatic carbocycles. The molecule has 0 fully saturated rings. The number of carbonyl (C=O) groups is 1. The first-order chi connectivity index (χ1) is 20.6. The van der Waals surface area contributed by atoms with Crippen LogP contribution in [-0.2, 0) is 34.0 Å². The number of hydrogen-bond donors (Lipinski definition) is 1. The van der Waals surface area contributed by atoms with E-state index >= 15 is 0 Å². The first-order valence-corrected chi connectivity index (χ1v) is 14.5. The molecule has 4 aromatic carbocycles. The lowest BCUT2D eigenvalue weighted by Crippen LogP contribution is -2.42. The van der Waals surface area contributed by atoms with Gasteiger partial charge in [0.25, 0.3) is 0 Å². The number of hydrogen-bond acceptors (Lipinski definition) is 4. The van der Waals surface area contributed by atoms with Crippen molar-refractivity contribution >= 4 is 29.2 Å². The van der Waals surface area contributed by atoms with Crippen LogP contribution in [0.1, 0.15) is 34.2 Å². The predicted octanol–water partition coefficient (Wildman–Crippen LogP) is 8.32. The highest BCUT2D eigenvalue weighted by Gasteiger charge is 2.38. The van der Waals surface area contributed by atoms with Crippen molar-refractivity contribution in [3.05, 3.63) is 135 Å². The quantitative estimate of drug-likeness (QED) is 0.119. The molecule has 4 nitrogen and oxygen atoms in total. The molecular formula is C34H32Cl2F3NO3. The standard InChI is InChI=1S/C34H32Cl2F3NO3/c1-42-31(41)21-24-16-17-30(29(35)20-24)43-19-9-18-40-23-33(26-11-4-2-5-12-26,27-13-6-3-7-14-27)22-25-10-8-15-28(32(25)36)34(37,38)39/h2-8,10-17,20,40H,9,18-19,21-23H2,1H3. The second-order valence-corrected chi connectivity index (χ2v) is 10.9. The summed E-state index contributed by atoms with van der Waals surface area (Å²) in [7, 11) is 1.33. The van der Waals surface area contributed by atoms with Crippen LogP contribution in [0.5, 0.6) is 5.75 Å². The zero-order valence-electron chi connectivity index (χ0n) is 23.6. The number of rotatable bonds is 13. The summed E-state index contributed by atoms with van der Waals surface area (Å²) in [6, 6.07) is 28.7. The molecule has 0 amide bonds. The van der Waals surface area contributed by atoms with Crippen molar-refractivity contribution in [3.63, 3.8) is 0 Å². The Morgan fingerprint density at radius 1 is 0.860 bits per heavy atom. The van der Waals surface area contributed by atoms with Crippen LogP contribution in [0.2, 0.25) is 10.0 Å². The number of benzene rings is 4. The molecule has 4 rings (SSSR count). The molecule has 0 radical (unpaired) electrons. The molecule has 226 valence electrons. The lowest BCUT2D eigenvalue weighted by atomic mass is 9.70. The van der Waals surface area contributed by atoms with Gasteiger partial charge in [-0.05, 0) is 59.8 Å². The van der Waals surface area contributed by atoms with Gasteiger partial charge in [-0.25, -0.2) is 0 Å². The van der Waals surface area contributed by atoms with E-state index < -0.39 is 17.2 Å². The van der Waals surface area contributed by atoms with E-state index in [4.69, 9.17) is 32.7 Å². The van der Waals surface area contributed by atoms with Crippen molar-refractivity contribution < 1.29 is 27.4 Å². The Kier molecular flexibility index (Phi) is 11.1. The fourth-order valence-corrected chi connectivity index (χ4v) is 5.66. The number of methoxy groups -OCH3 is 1. The molecule has 0 aliphatic heterocycles. The number of nitrogens with one attached hydrogen (secondary N) is 1. The third-order valence-electron chi connectivity index (χ3n) is 7.28.